The fourth-order valence-corrected chi connectivity index (χ4v) is 2.42. The van der Waals surface area contributed by atoms with Crippen molar-refractivity contribution >= 4 is 11.3 Å². The fourth-order valence-electron chi connectivity index (χ4n) is 1.74. The molecule has 0 aliphatic carbocycles. The highest BCUT2D eigenvalue weighted by molar-refractivity contribution is 7.10. The van der Waals surface area contributed by atoms with Gasteiger partial charge < -0.3 is 4.74 Å². The Kier molecular flexibility index (Phi) is 4.34. The first-order valence-electron chi connectivity index (χ1n) is 6.71. The topological polar surface area (TPSA) is 65.7 Å². The summed E-state index contributed by atoms with van der Waals surface area (Å²) in [6, 6.07) is 0.791. The zero-order valence-electron chi connectivity index (χ0n) is 12.6. The number of thiophene rings is 1. The molecule has 3 heterocycles. The quantitative estimate of drug-likeness (QED) is 0.620. The summed E-state index contributed by atoms with van der Waals surface area (Å²) in [5.41, 5.74) is -0.881. The second kappa shape index (κ2) is 6.23. The summed E-state index contributed by atoms with van der Waals surface area (Å²) < 4.78 is 80.9. The molecule has 3 rings (SSSR count). The van der Waals surface area contributed by atoms with Crippen molar-refractivity contribution in [1.82, 2.24) is 25.0 Å². The SMILES string of the molecule is Cc1cnc(-n2ncc(C(F)(F)F)n2)nc1Oc1csc(C(F)(F)F)c1. The fraction of sp³-hybridized carbons (Fsp3) is 0.231. The van der Waals surface area contributed by atoms with Crippen molar-refractivity contribution < 1.29 is 31.1 Å². The minimum absolute atomic E-state index is 0.112. The molecule has 0 aromatic carbocycles. The van der Waals surface area contributed by atoms with E-state index < -0.39 is 22.9 Å². The third kappa shape index (κ3) is 3.76. The van der Waals surface area contributed by atoms with Crippen LogP contribution in [0.15, 0.2) is 23.8 Å². The third-order valence-corrected chi connectivity index (χ3v) is 3.90. The number of ether oxygens (including phenoxy) is 1. The molecule has 6 nitrogen and oxygen atoms in total. The molecule has 0 radical (unpaired) electrons. The van der Waals surface area contributed by atoms with Gasteiger partial charge in [-0.25, -0.2) is 4.98 Å². The molecule has 0 atom stereocenters. The van der Waals surface area contributed by atoms with Gasteiger partial charge in [-0.3, -0.25) is 0 Å². The van der Waals surface area contributed by atoms with Crippen molar-refractivity contribution in [2.45, 2.75) is 19.3 Å². The van der Waals surface area contributed by atoms with Gasteiger partial charge >= 0.3 is 12.4 Å². The van der Waals surface area contributed by atoms with Gasteiger partial charge in [0.15, 0.2) is 5.69 Å². The number of nitrogens with zero attached hydrogens (tertiary/aromatic N) is 5. The summed E-state index contributed by atoms with van der Waals surface area (Å²) in [6.07, 6.45) is -7.47. The molecule has 0 bridgehead atoms. The molecule has 3 aromatic rings. The lowest BCUT2D eigenvalue weighted by atomic mass is 10.4. The summed E-state index contributed by atoms with van der Waals surface area (Å²) in [7, 11) is 0. The van der Waals surface area contributed by atoms with Gasteiger partial charge in [0.2, 0.25) is 5.88 Å². The van der Waals surface area contributed by atoms with Crippen molar-refractivity contribution in [1.29, 1.82) is 0 Å². The van der Waals surface area contributed by atoms with E-state index in [2.05, 4.69) is 20.2 Å². The number of hydrogen-bond acceptors (Lipinski definition) is 6. The lowest BCUT2D eigenvalue weighted by molar-refractivity contribution is -0.141. The number of alkyl halides is 6. The van der Waals surface area contributed by atoms with E-state index in [0.29, 0.717) is 27.9 Å². The maximum absolute atomic E-state index is 12.6. The van der Waals surface area contributed by atoms with Crippen LogP contribution in [0, 0.1) is 6.92 Å². The maximum atomic E-state index is 12.6. The number of rotatable bonds is 3. The highest BCUT2D eigenvalue weighted by Gasteiger charge is 2.35. The normalized spacial score (nSPS) is 12.4. The van der Waals surface area contributed by atoms with Crippen LogP contribution in [0.4, 0.5) is 26.3 Å². The first-order valence-corrected chi connectivity index (χ1v) is 7.59. The molecule has 0 unspecified atom stereocenters. The van der Waals surface area contributed by atoms with Gasteiger partial charge in [0, 0.05) is 23.2 Å². The van der Waals surface area contributed by atoms with Gasteiger partial charge in [-0.2, -0.15) is 36.4 Å². The molecule has 3 aromatic heterocycles. The zero-order valence-corrected chi connectivity index (χ0v) is 13.4. The maximum Gasteiger partial charge on any atom is 0.436 e. The number of aromatic nitrogens is 5. The predicted molar refractivity (Wildman–Crippen MR) is 76.1 cm³/mol. The molecule has 0 saturated heterocycles. The van der Waals surface area contributed by atoms with Crippen molar-refractivity contribution in [2.75, 3.05) is 0 Å². The zero-order chi connectivity index (χ0) is 19.1. The standard InChI is InChI=1S/C13H7F6N5OS/c1-6-3-20-11(24-21-4-8(23-24)12(14,15)16)22-10(6)25-7-2-9(26-5-7)13(17,18)19/h2-5H,1H3. The number of hydrogen-bond donors (Lipinski definition) is 0. The summed E-state index contributed by atoms with van der Waals surface area (Å²) in [6.45, 7) is 1.52. The molecule has 138 valence electrons. The summed E-state index contributed by atoms with van der Waals surface area (Å²) in [4.78, 5) is 7.35. The van der Waals surface area contributed by atoms with Crippen LogP contribution in [-0.4, -0.2) is 25.0 Å². The van der Waals surface area contributed by atoms with E-state index in [1.54, 1.807) is 0 Å². The van der Waals surface area contributed by atoms with Crippen molar-refractivity contribution in [3.63, 3.8) is 0 Å². The Morgan fingerprint density at radius 3 is 2.38 bits per heavy atom. The van der Waals surface area contributed by atoms with Gasteiger partial charge in [-0.05, 0) is 6.92 Å². The van der Waals surface area contributed by atoms with E-state index in [0.717, 1.165) is 11.4 Å². The Morgan fingerprint density at radius 2 is 1.81 bits per heavy atom. The van der Waals surface area contributed by atoms with Crippen LogP contribution in [0.3, 0.4) is 0 Å². The number of halogens is 6. The molecule has 0 fully saturated rings. The first kappa shape index (κ1) is 18.1. The lowest BCUT2D eigenvalue weighted by Gasteiger charge is -2.07. The molecule has 0 aliphatic rings. The largest absolute Gasteiger partial charge is 0.438 e. The Bertz CT molecular complexity index is 932. The van der Waals surface area contributed by atoms with Crippen LogP contribution in [0.25, 0.3) is 5.95 Å². The molecular formula is C13H7F6N5OS. The minimum atomic E-state index is -4.69. The van der Waals surface area contributed by atoms with Gasteiger partial charge in [-0.15, -0.1) is 21.2 Å². The second-order valence-electron chi connectivity index (χ2n) is 4.92. The Balaban J connectivity index is 1.88. The number of aryl methyl sites for hydroxylation is 1. The Labute approximate surface area is 145 Å². The predicted octanol–water partition coefficient (Wildman–Crippen LogP) is 4.26. The van der Waals surface area contributed by atoms with Gasteiger partial charge in [0.05, 0.1) is 6.20 Å². The van der Waals surface area contributed by atoms with Crippen LogP contribution < -0.4 is 4.74 Å². The smallest absolute Gasteiger partial charge is 0.436 e. The molecule has 26 heavy (non-hydrogen) atoms. The molecular weight excluding hydrogens is 388 g/mol. The summed E-state index contributed by atoms with van der Waals surface area (Å²) >= 11 is 0.440. The molecule has 0 spiro atoms. The van der Waals surface area contributed by atoms with E-state index >= 15 is 0 Å². The Hall–Kier alpha value is -2.70. The van der Waals surface area contributed by atoms with E-state index in [9.17, 15) is 26.3 Å². The average Bonchev–Trinajstić information content (AvgIpc) is 3.17. The second-order valence-corrected chi connectivity index (χ2v) is 5.83. The summed E-state index contributed by atoms with van der Waals surface area (Å²) in [5, 5.41) is 7.78. The molecule has 0 aliphatic heterocycles. The van der Waals surface area contributed by atoms with E-state index in [1.807, 2.05) is 0 Å². The van der Waals surface area contributed by atoms with Crippen LogP contribution in [0.1, 0.15) is 16.1 Å². The van der Waals surface area contributed by atoms with Gasteiger partial charge in [0.1, 0.15) is 10.6 Å². The highest BCUT2D eigenvalue weighted by Crippen LogP contribution is 2.38. The molecule has 0 N–H and O–H groups in total. The lowest BCUT2D eigenvalue weighted by Crippen LogP contribution is -2.10. The van der Waals surface area contributed by atoms with E-state index in [1.165, 1.54) is 13.1 Å². The monoisotopic (exact) mass is 395 g/mol. The van der Waals surface area contributed by atoms with Crippen LogP contribution in [0.2, 0.25) is 0 Å². The van der Waals surface area contributed by atoms with Crippen molar-refractivity contribution in [2.24, 2.45) is 0 Å². The van der Waals surface area contributed by atoms with E-state index in [-0.39, 0.29) is 17.6 Å². The molecule has 0 saturated carbocycles. The van der Waals surface area contributed by atoms with Gasteiger partial charge in [-0.1, -0.05) is 0 Å². The van der Waals surface area contributed by atoms with Crippen LogP contribution >= 0.6 is 11.3 Å². The molecule has 0 amide bonds. The average molecular weight is 395 g/mol. The first-order chi connectivity index (χ1) is 12.0. The highest BCUT2D eigenvalue weighted by atomic mass is 32.1. The third-order valence-electron chi connectivity index (χ3n) is 2.94. The summed E-state index contributed by atoms with van der Waals surface area (Å²) in [5.74, 6) is -0.570. The van der Waals surface area contributed by atoms with Crippen molar-refractivity contribution in [3.05, 3.63) is 40.0 Å². The van der Waals surface area contributed by atoms with Crippen molar-refractivity contribution in [3.8, 4) is 17.6 Å². The van der Waals surface area contributed by atoms with Crippen LogP contribution in [-0.2, 0) is 12.4 Å². The van der Waals surface area contributed by atoms with Crippen LogP contribution in [0.5, 0.6) is 11.6 Å². The van der Waals surface area contributed by atoms with Gasteiger partial charge in [0.25, 0.3) is 5.95 Å². The molecule has 13 heteroatoms. The minimum Gasteiger partial charge on any atom is -0.438 e. The van der Waals surface area contributed by atoms with E-state index in [4.69, 9.17) is 4.74 Å². The Morgan fingerprint density at radius 1 is 1.08 bits per heavy atom.